The number of hydrogen-bond acceptors (Lipinski definition) is 3. The molecule has 0 heterocycles. The van der Waals surface area contributed by atoms with Crippen molar-refractivity contribution in [1.29, 1.82) is 0 Å². The molecular formula is C14H13FN2O2S2. The van der Waals surface area contributed by atoms with Crippen LogP contribution in [0.25, 0.3) is 0 Å². The monoisotopic (exact) mass is 324 g/mol. The second-order valence-electron chi connectivity index (χ2n) is 4.46. The lowest BCUT2D eigenvalue weighted by atomic mass is 10.1. The minimum absolute atomic E-state index is 0.0595. The molecule has 0 saturated heterocycles. The molecule has 7 heteroatoms. The van der Waals surface area contributed by atoms with Crippen LogP contribution in [0.15, 0.2) is 47.4 Å². The Morgan fingerprint density at radius 2 is 1.95 bits per heavy atom. The molecule has 0 spiro atoms. The van der Waals surface area contributed by atoms with Crippen molar-refractivity contribution in [2.24, 2.45) is 5.73 Å². The van der Waals surface area contributed by atoms with Gasteiger partial charge < -0.3 is 5.73 Å². The number of halogens is 1. The Morgan fingerprint density at radius 1 is 1.24 bits per heavy atom. The van der Waals surface area contributed by atoms with E-state index in [4.69, 9.17) is 18.0 Å². The van der Waals surface area contributed by atoms with E-state index in [9.17, 15) is 12.8 Å². The summed E-state index contributed by atoms with van der Waals surface area (Å²) in [4.78, 5) is 0.263. The number of aryl methyl sites for hydroxylation is 1. The van der Waals surface area contributed by atoms with Crippen LogP contribution in [0, 0.1) is 12.7 Å². The third kappa shape index (κ3) is 3.56. The summed E-state index contributed by atoms with van der Waals surface area (Å²) in [5, 5.41) is 0. The molecule has 3 N–H and O–H groups in total. The van der Waals surface area contributed by atoms with Crippen molar-refractivity contribution in [3.8, 4) is 0 Å². The molecule has 2 aromatic carbocycles. The minimum Gasteiger partial charge on any atom is -0.389 e. The fourth-order valence-electron chi connectivity index (χ4n) is 1.85. The average Bonchev–Trinajstić information content (AvgIpc) is 2.37. The first-order chi connectivity index (χ1) is 9.79. The highest BCUT2D eigenvalue weighted by molar-refractivity contribution is 7.92. The standard InChI is InChI=1S/C14H13FN2O2S2/c1-9-7-12(5-6-13(9)14(16)20)21(18,19)17-11-4-2-3-10(15)8-11/h2-8,17H,1H3,(H2,16,20). The van der Waals surface area contributed by atoms with E-state index in [2.05, 4.69) is 4.72 Å². The Balaban J connectivity index is 2.36. The summed E-state index contributed by atoms with van der Waals surface area (Å²) in [5.41, 5.74) is 6.97. The Kier molecular flexibility index (Phi) is 4.24. The molecule has 0 saturated carbocycles. The molecule has 0 aliphatic heterocycles. The van der Waals surface area contributed by atoms with Gasteiger partial charge in [-0.15, -0.1) is 0 Å². The van der Waals surface area contributed by atoms with E-state index in [-0.39, 0.29) is 15.6 Å². The zero-order valence-corrected chi connectivity index (χ0v) is 12.8. The van der Waals surface area contributed by atoms with Crippen LogP contribution in [-0.4, -0.2) is 13.4 Å². The molecule has 0 aliphatic carbocycles. The highest BCUT2D eigenvalue weighted by Gasteiger charge is 2.16. The van der Waals surface area contributed by atoms with Gasteiger partial charge in [-0.3, -0.25) is 4.72 Å². The summed E-state index contributed by atoms with van der Waals surface area (Å²) in [6, 6.07) is 9.66. The molecule has 0 bridgehead atoms. The molecule has 0 unspecified atom stereocenters. The van der Waals surface area contributed by atoms with Crippen LogP contribution in [-0.2, 0) is 10.0 Å². The minimum atomic E-state index is -3.80. The van der Waals surface area contributed by atoms with Gasteiger partial charge >= 0.3 is 0 Å². The van der Waals surface area contributed by atoms with E-state index in [1.807, 2.05) is 0 Å². The normalized spacial score (nSPS) is 11.1. The van der Waals surface area contributed by atoms with Crippen molar-refractivity contribution in [3.05, 3.63) is 59.4 Å². The number of anilines is 1. The van der Waals surface area contributed by atoms with Crippen LogP contribution < -0.4 is 10.5 Å². The van der Waals surface area contributed by atoms with Gasteiger partial charge in [0, 0.05) is 5.56 Å². The molecule has 0 radical (unpaired) electrons. The van der Waals surface area contributed by atoms with Crippen molar-refractivity contribution in [1.82, 2.24) is 0 Å². The fourth-order valence-corrected chi connectivity index (χ4v) is 3.21. The van der Waals surface area contributed by atoms with Gasteiger partial charge in [0.25, 0.3) is 10.0 Å². The van der Waals surface area contributed by atoms with Crippen LogP contribution in [0.3, 0.4) is 0 Å². The lowest BCUT2D eigenvalue weighted by molar-refractivity contribution is 0.601. The second-order valence-corrected chi connectivity index (χ2v) is 6.58. The van der Waals surface area contributed by atoms with Crippen molar-refractivity contribution in [3.63, 3.8) is 0 Å². The third-order valence-corrected chi connectivity index (χ3v) is 4.45. The summed E-state index contributed by atoms with van der Waals surface area (Å²) in [7, 11) is -3.80. The number of hydrogen-bond donors (Lipinski definition) is 2. The molecule has 0 amide bonds. The van der Waals surface area contributed by atoms with Crippen molar-refractivity contribution in [2.75, 3.05) is 4.72 Å². The average molecular weight is 324 g/mol. The van der Waals surface area contributed by atoms with E-state index in [1.54, 1.807) is 13.0 Å². The molecule has 0 fully saturated rings. The van der Waals surface area contributed by atoms with Gasteiger partial charge in [-0.05, 0) is 42.8 Å². The molecule has 0 aromatic heterocycles. The molecule has 2 rings (SSSR count). The molecule has 2 aromatic rings. The van der Waals surface area contributed by atoms with Crippen molar-refractivity contribution < 1.29 is 12.8 Å². The van der Waals surface area contributed by atoms with Gasteiger partial charge in [-0.2, -0.15) is 0 Å². The highest BCUT2D eigenvalue weighted by atomic mass is 32.2. The largest absolute Gasteiger partial charge is 0.389 e. The Bertz CT molecular complexity index is 804. The lowest BCUT2D eigenvalue weighted by Gasteiger charge is -2.10. The molecule has 4 nitrogen and oxygen atoms in total. The molecule has 0 aliphatic rings. The van der Waals surface area contributed by atoms with Gasteiger partial charge in [0.2, 0.25) is 0 Å². The first kappa shape index (κ1) is 15.4. The quantitative estimate of drug-likeness (QED) is 0.848. The first-order valence-electron chi connectivity index (χ1n) is 5.98. The second kappa shape index (κ2) is 5.79. The maximum Gasteiger partial charge on any atom is 0.261 e. The Labute approximate surface area is 127 Å². The lowest BCUT2D eigenvalue weighted by Crippen LogP contribution is -2.15. The fraction of sp³-hybridized carbons (Fsp3) is 0.0714. The number of nitrogens with two attached hydrogens (primary N) is 1. The molecule has 110 valence electrons. The summed E-state index contributed by atoms with van der Waals surface area (Å²) in [6.07, 6.45) is 0. The number of nitrogens with one attached hydrogen (secondary N) is 1. The zero-order valence-electron chi connectivity index (χ0n) is 11.1. The molecular weight excluding hydrogens is 311 g/mol. The van der Waals surface area contributed by atoms with Gasteiger partial charge in [-0.1, -0.05) is 24.4 Å². The van der Waals surface area contributed by atoms with E-state index in [0.29, 0.717) is 11.1 Å². The van der Waals surface area contributed by atoms with E-state index >= 15 is 0 Å². The van der Waals surface area contributed by atoms with Crippen LogP contribution in [0.4, 0.5) is 10.1 Å². The summed E-state index contributed by atoms with van der Waals surface area (Å²) in [5.74, 6) is -0.518. The SMILES string of the molecule is Cc1cc(S(=O)(=O)Nc2cccc(F)c2)ccc1C(N)=S. The molecule has 0 atom stereocenters. The van der Waals surface area contributed by atoms with Crippen LogP contribution in [0.5, 0.6) is 0 Å². The topological polar surface area (TPSA) is 72.2 Å². The van der Waals surface area contributed by atoms with E-state index < -0.39 is 15.8 Å². The van der Waals surface area contributed by atoms with E-state index in [0.717, 1.165) is 6.07 Å². The molecule has 21 heavy (non-hydrogen) atoms. The van der Waals surface area contributed by atoms with Gasteiger partial charge in [0.05, 0.1) is 10.6 Å². The highest BCUT2D eigenvalue weighted by Crippen LogP contribution is 2.19. The van der Waals surface area contributed by atoms with Crippen molar-refractivity contribution >= 4 is 32.9 Å². The Morgan fingerprint density at radius 3 is 2.52 bits per heavy atom. The first-order valence-corrected chi connectivity index (χ1v) is 7.87. The smallest absolute Gasteiger partial charge is 0.261 e. The van der Waals surface area contributed by atoms with Crippen LogP contribution in [0.1, 0.15) is 11.1 Å². The summed E-state index contributed by atoms with van der Waals surface area (Å²) < 4.78 is 39.9. The number of thiocarbonyl (C=S) groups is 1. The predicted molar refractivity (Wildman–Crippen MR) is 84.3 cm³/mol. The number of sulfonamides is 1. The van der Waals surface area contributed by atoms with Gasteiger partial charge in [-0.25, -0.2) is 12.8 Å². The van der Waals surface area contributed by atoms with E-state index in [1.165, 1.54) is 30.3 Å². The summed E-state index contributed by atoms with van der Waals surface area (Å²) in [6.45, 7) is 1.72. The maximum atomic E-state index is 13.1. The zero-order chi connectivity index (χ0) is 15.6. The summed E-state index contributed by atoms with van der Waals surface area (Å²) >= 11 is 4.88. The van der Waals surface area contributed by atoms with Crippen molar-refractivity contribution in [2.45, 2.75) is 11.8 Å². The number of benzene rings is 2. The maximum absolute atomic E-state index is 13.1. The third-order valence-electron chi connectivity index (χ3n) is 2.85. The van der Waals surface area contributed by atoms with Crippen LogP contribution in [0.2, 0.25) is 0 Å². The van der Waals surface area contributed by atoms with Gasteiger partial charge in [0.1, 0.15) is 10.8 Å². The predicted octanol–water partition coefficient (Wildman–Crippen LogP) is 2.57. The van der Waals surface area contributed by atoms with Gasteiger partial charge in [0.15, 0.2) is 0 Å². The number of rotatable bonds is 4. The van der Waals surface area contributed by atoms with Crippen LogP contribution >= 0.6 is 12.2 Å². The Hall–Kier alpha value is -1.99.